The summed E-state index contributed by atoms with van der Waals surface area (Å²) in [5.41, 5.74) is 0.905. The van der Waals surface area contributed by atoms with E-state index in [0.717, 1.165) is 8.58 Å². The first kappa shape index (κ1) is 19.7. The van der Waals surface area contributed by atoms with Crippen molar-refractivity contribution in [3.8, 4) is 0 Å². The van der Waals surface area contributed by atoms with Crippen molar-refractivity contribution >= 4 is 27.6 Å². The zero-order valence-electron chi connectivity index (χ0n) is 12.4. The molecule has 0 amide bonds. The van der Waals surface area contributed by atoms with Gasteiger partial charge in [0.05, 0.1) is 13.2 Å². The van der Waals surface area contributed by atoms with Crippen LogP contribution in [0.4, 0.5) is 0 Å². The lowest BCUT2D eigenvalue weighted by Crippen LogP contribution is -2.25. The van der Waals surface area contributed by atoms with Crippen LogP contribution in [0, 0.1) is 0 Å². The van der Waals surface area contributed by atoms with E-state index in [1.165, 1.54) is 25.7 Å². The molecule has 0 spiro atoms. The van der Waals surface area contributed by atoms with Crippen molar-refractivity contribution in [1.29, 1.82) is 0 Å². The Morgan fingerprint density at radius 2 is 1.63 bits per heavy atom. The van der Waals surface area contributed by atoms with E-state index in [1.807, 2.05) is 0 Å². The standard InChI is InChI=1S/C12H28O4P2S/c1-5-7-8-9-11(17-3)12(18-4)10-16-19(13,14)15-6-2/h11-12,17-18H,5-10H2,1-4H3. The van der Waals surface area contributed by atoms with Crippen LogP contribution in [0.25, 0.3) is 0 Å². The molecular weight excluding hydrogens is 302 g/mol. The van der Waals surface area contributed by atoms with Crippen molar-refractivity contribution in [2.45, 2.75) is 50.8 Å². The van der Waals surface area contributed by atoms with Crippen LogP contribution in [0.5, 0.6) is 0 Å². The average molecular weight is 330 g/mol. The third-order valence-corrected chi connectivity index (χ3v) is 7.03. The third kappa shape index (κ3) is 9.31. The smallest absolute Gasteiger partial charge is 0.248 e. The molecule has 0 aliphatic rings. The second-order valence-corrected chi connectivity index (χ2v) is 8.31. The molecule has 0 aromatic rings. The molecule has 0 rings (SSSR count). The summed E-state index contributed by atoms with van der Waals surface area (Å²) < 4.78 is 32.3. The average Bonchev–Trinajstić information content (AvgIpc) is 2.37. The molecule has 4 nitrogen and oxygen atoms in total. The van der Waals surface area contributed by atoms with Crippen molar-refractivity contribution in [1.82, 2.24) is 0 Å². The summed E-state index contributed by atoms with van der Waals surface area (Å²) in [5, 5.41) is 0. The highest BCUT2D eigenvalue weighted by Gasteiger charge is 2.22. The Kier molecular flexibility index (Phi) is 11.8. The molecule has 4 atom stereocenters. The van der Waals surface area contributed by atoms with Crippen LogP contribution in [0.3, 0.4) is 0 Å². The maximum absolute atomic E-state index is 11.4. The molecule has 0 N–H and O–H groups in total. The highest BCUT2D eigenvalue weighted by Crippen LogP contribution is 2.33. The fourth-order valence-corrected chi connectivity index (χ4v) is 5.50. The fourth-order valence-electron chi connectivity index (χ4n) is 1.90. The van der Waals surface area contributed by atoms with E-state index in [-0.39, 0.29) is 13.2 Å². The highest BCUT2D eigenvalue weighted by atomic mass is 32.3. The van der Waals surface area contributed by atoms with Crippen LogP contribution in [0.15, 0.2) is 0 Å². The van der Waals surface area contributed by atoms with E-state index < -0.39 is 10.4 Å². The van der Waals surface area contributed by atoms with E-state index in [1.54, 1.807) is 6.92 Å². The largest absolute Gasteiger partial charge is 0.399 e. The van der Waals surface area contributed by atoms with Crippen LogP contribution in [0.1, 0.15) is 39.5 Å². The minimum atomic E-state index is -3.80. The van der Waals surface area contributed by atoms with Crippen LogP contribution in [0.2, 0.25) is 0 Å². The fraction of sp³-hybridized carbons (Fsp3) is 1.00. The van der Waals surface area contributed by atoms with Crippen LogP contribution in [-0.4, -0.2) is 46.3 Å². The molecule has 0 saturated carbocycles. The summed E-state index contributed by atoms with van der Waals surface area (Å²) in [5.74, 6) is 0. The quantitative estimate of drug-likeness (QED) is 0.407. The molecule has 0 saturated heterocycles. The first-order valence-corrected chi connectivity index (χ1v) is 11.4. The van der Waals surface area contributed by atoms with Gasteiger partial charge in [0.2, 0.25) is 0 Å². The Balaban J connectivity index is 4.29. The molecule has 116 valence electrons. The second kappa shape index (κ2) is 11.4. The third-order valence-electron chi connectivity index (χ3n) is 3.00. The van der Waals surface area contributed by atoms with E-state index in [0.29, 0.717) is 19.9 Å². The summed E-state index contributed by atoms with van der Waals surface area (Å²) in [6, 6.07) is 0. The van der Waals surface area contributed by atoms with E-state index in [4.69, 9.17) is 4.18 Å². The van der Waals surface area contributed by atoms with Gasteiger partial charge in [0, 0.05) is 5.66 Å². The molecule has 0 radical (unpaired) electrons. The van der Waals surface area contributed by atoms with Gasteiger partial charge in [-0.2, -0.15) is 8.42 Å². The molecule has 0 aromatic carbocycles. The molecule has 19 heavy (non-hydrogen) atoms. The Morgan fingerprint density at radius 3 is 2.11 bits per heavy atom. The van der Waals surface area contributed by atoms with Gasteiger partial charge in [-0.25, -0.2) is 8.37 Å². The molecule has 0 bridgehead atoms. The summed E-state index contributed by atoms with van der Waals surface area (Å²) in [7, 11) is -2.27. The van der Waals surface area contributed by atoms with Gasteiger partial charge in [0.25, 0.3) is 0 Å². The molecule has 0 heterocycles. The Morgan fingerprint density at radius 1 is 1.00 bits per heavy atom. The SMILES string of the molecule is CCCCCC(PC)C(COS(=O)(=O)OCC)PC. The van der Waals surface area contributed by atoms with Crippen LogP contribution < -0.4 is 0 Å². The maximum Gasteiger partial charge on any atom is 0.399 e. The van der Waals surface area contributed by atoms with Gasteiger partial charge >= 0.3 is 10.4 Å². The Hall–Kier alpha value is 0.730. The minimum Gasteiger partial charge on any atom is -0.248 e. The number of hydrogen-bond acceptors (Lipinski definition) is 4. The highest BCUT2D eigenvalue weighted by molar-refractivity contribution is 7.81. The maximum atomic E-state index is 11.4. The predicted octanol–water partition coefficient (Wildman–Crippen LogP) is 3.22. The lowest BCUT2D eigenvalue weighted by atomic mass is 10.1. The van der Waals surface area contributed by atoms with Gasteiger partial charge in [-0.05, 0) is 32.3 Å². The lowest BCUT2D eigenvalue weighted by molar-refractivity contribution is 0.221. The summed E-state index contributed by atoms with van der Waals surface area (Å²) in [6.45, 7) is 8.53. The van der Waals surface area contributed by atoms with E-state index in [2.05, 4.69) is 24.4 Å². The molecule has 0 aliphatic heterocycles. The van der Waals surface area contributed by atoms with Gasteiger partial charge < -0.3 is 0 Å². The van der Waals surface area contributed by atoms with Gasteiger partial charge in [-0.15, -0.1) is 17.2 Å². The van der Waals surface area contributed by atoms with Gasteiger partial charge in [-0.3, -0.25) is 0 Å². The molecule has 4 unspecified atom stereocenters. The Bertz CT molecular complexity index is 309. The summed E-state index contributed by atoms with van der Waals surface area (Å²) >= 11 is 0. The zero-order chi connectivity index (χ0) is 14.7. The van der Waals surface area contributed by atoms with Crippen LogP contribution >= 0.6 is 17.2 Å². The van der Waals surface area contributed by atoms with Crippen molar-refractivity contribution in [3.63, 3.8) is 0 Å². The van der Waals surface area contributed by atoms with E-state index >= 15 is 0 Å². The van der Waals surface area contributed by atoms with E-state index in [9.17, 15) is 8.42 Å². The van der Waals surface area contributed by atoms with Crippen molar-refractivity contribution in [3.05, 3.63) is 0 Å². The summed E-state index contributed by atoms with van der Waals surface area (Å²) in [6.07, 6.45) is 4.86. The number of unbranched alkanes of at least 4 members (excludes halogenated alkanes) is 2. The van der Waals surface area contributed by atoms with Gasteiger partial charge in [0.15, 0.2) is 0 Å². The number of hydrogen-bond donors (Lipinski definition) is 0. The first-order valence-electron chi connectivity index (χ1n) is 6.89. The molecule has 0 fully saturated rings. The minimum absolute atomic E-state index is 0.122. The Labute approximate surface area is 122 Å². The summed E-state index contributed by atoms with van der Waals surface area (Å²) in [4.78, 5) is 0. The zero-order valence-corrected chi connectivity index (χ0v) is 15.3. The van der Waals surface area contributed by atoms with Gasteiger partial charge in [0.1, 0.15) is 0 Å². The van der Waals surface area contributed by atoms with Crippen molar-refractivity contribution < 1.29 is 16.8 Å². The van der Waals surface area contributed by atoms with Gasteiger partial charge in [-0.1, -0.05) is 26.2 Å². The lowest BCUT2D eigenvalue weighted by Gasteiger charge is -2.24. The molecule has 0 aliphatic carbocycles. The molecule has 0 aromatic heterocycles. The molecule has 7 heteroatoms. The predicted molar refractivity (Wildman–Crippen MR) is 86.7 cm³/mol. The normalized spacial score (nSPS) is 16.6. The van der Waals surface area contributed by atoms with Crippen LogP contribution in [-0.2, 0) is 18.8 Å². The molecular formula is C12H28O4P2S. The second-order valence-electron chi connectivity index (χ2n) is 4.39. The number of rotatable bonds is 12. The monoisotopic (exact) mass is 330 g/mol. The topological polar surface area (TPSA) is 52.6 Å². The first-order chi connectivity index (χ1) is 9.00. The van der Waals surface area contributed by atoms with Crippen molar-refractivity contribution in [2.24, 2.45) is 0 Å². The van der Waals surface area contributed by atoms with Crippen molar-refractivity contribution in [2.75, 3.05) is 26.5 Å².